The van der Waals surface area contributed by atoms with Crippen molar-refractivity contribution in [2.45, 2.75) is 37.6 Å². The first kappa shape index (κ1) is 18.6. The number of carbonyl (C=O) groups is 2. The van der Waals surface area contributed by atoms with Gasteiger partial charge in [-0.15, -0.1) is 0 Å². The van der Waals surface area contributed by atoms with Crippen molar-refractivity contribution in [3.63, 3.8) is 0 Å². The van der Waals surface area contributed by atoms with Crippen LogP contribution in [0.1, 0.15) is 32.1 Å². The molecule has 0 spiro atoms. The van der Waals surface area contributed by atoms with Crippen LogP contribution in [0.3, 0.4) is 0 Å². The van der Waals surface area contributed by atoms with E-state index in [2.05, 4.69) is 10.6 Å². The lowest BCUT2D eigenvalue weighted by Gasteiger charge is -2.42. The van der Waals surface area contributed by atoms with Crippen molar-refractivity contribution < 1.29 is 18.7 Å². The monoisotopic (exact) mass is 363 g/mol. The van der Waals surface area contributed by atoms with Crippen LogP contribution in [0.25, 0.3) is 0 Å². The predicted molar refractivity (Wildman–Crippen MR) is 96.3 cm³/mol. The van der Waals surface area contributed by atoms with E-state index in [1.807, 2.05) is 0 Å². The van der Waals surface area contributed by atoms with E-state index >= 15 is 0 Å². The number of nitrogens with one attached hydrogen (secondary N) is 2. The second-order valence-electron chi connectivity index (χ2n) is 7.31. The summed E-state index contributed by atoms with van der Waals surface area (Å²) < 4.78 is 18.6. The number of hydrogen-bond donors (Lipinski definition) is 2. The Balaban J connectivity index is 1.58. The SMILES string of the molecule is COCC(=O)NC1(CC2CC2)CCN(C(=O)Nc2ccccc2F)CC1. The molecule has 1 saturated carbocycles. The van der Waals surface area contributed by atoms with Gasteiger partial charge >= 0.3 is 6.03 Å². The van der Waals surface area contributed by atoms with E-state index in [1.54, 1.807) is 23.1 Å². The quantitative estimate of drug-likeness (QED) is 0.816. The summed E-state index contributed by atoms with van der Waals surface area (Å²) in [7, 11) is 1.50. The molecule has 0 aromatic heterocycles. The molecule has 2 aliphatic rings. The van der Waals surface area contributed by atoms with Crippen molar-refractivity contribution in [3.05, 3.63) is 30.1 Å². The van der Waals surface area contributed by atoms with E-state index < -0.39 is 5.82 Å². The summed E-state index contributed by atoms with van der Waals surface area (Å²) in [5.74, 6) is 0.0989. The van der Waals surface area contributed by atoms with Gasteiger partial charge in [0.1, 0.15) is 12.4 Å². The number of rotatable bonds is 6. The van der Waals surface area contributed by atoms with Gasteiger partial charge in [-0.2, -0.15) is 0 Å². The molecule has 3 rings (SSSR count). The standard InChI is InChI=1S/C19H26FN3O3/c1-26-13-17(24)22-19(12-14-6-7-14)8-10-23(11-9-19)18(25)21-16-5-3-2-4-15(16)20/h2-5,14H,6-13H2,1H3,(H,21,25)(H,22,24). The van der Waals surface area contributed by atoms with Gasteiger partial charge in [0.05, 0.1) is 5.69 Å². The molecule has 2 fully saturated rings. The third-order valence-corrected chi connectivity index (χ3v) is 5.18. The highest BCUT2D eigenvalue weighted by molar-refractivity contribution is 5.89. The average molecular weight is 363 g/mol. The summed E-state index contributed by atoms with van der Waals surface area (Å²) in [5.41, 5.74) is -0.0910. The molecule has 142 valence electrons. The van der Waals surface area contributed by atoms with E-state index in [1.165, 1.54) is 26.0 Å². The van der Waals surface area contributed by atoms with Crippen molar-refractivity contribution in [1.82, 2.24) is 10.2 Å². The van der Waals surface area contributed by atoms with Gasteiger partial charge in [-0.1, -0.05) is 25.0 Å². The van der Waals surface area contributed by atoms with E-state index in [-0.39, 0.29) is 29.8 Å². The molecule has 26 heavy (non-hydrogen) atoms. The Morgan fingerprint density at radius 3 is 2.58 bits per heavy atom. The number of anilines is 1. The molecule has 1 aromatic carbocycles. The fraction of sp³-hybridized carbons (Fsp3) is 0.579. The minimum absolute atomic E-state index is 0.0455. The molecule has 2 N–H and O–H groups in total. The number of benzene rings is 1. The number of likely N-dealkylation sites (tertiary alicyclic amines) is 1. The van der Waals surface area contributed by atoms with Crippen LogP contribution in [0, 0.1) is 11.7 Å². The Morgan fingerprint density at radius 1 is 1.27 bits per heavy atom. The van der Waals surface area contributed by atoms with Gasteiger partial charge in [-0.3, -0.25) is 4.79 Å². The number of carbonyl (C=O) groups excluding carboxylic acids is 2. The van der Waals surface area contributed by atoms with Crippen molar-refractivity contribution in [3.8, 4) is 0 Å². The lowest BCUT2D eigenvalue weighted by molar-refractivity contribution is -0.127. The van der Waals surface area contributed by atoms with Crippen molar-refractivity contribution in [2.24, 2.45) is 5.92 Å². The molecule has 0 radical (unpaired) electrons. The molecular formula is C19H26FN3O3. The highest BCUT2D eigenvalue weighted by atomic mass is 19.1. The van der Waals surface area contributed by atoms with Crippen LogP contribution in [0.15, 0.2) is 24.3 Å². The lowest BCUT2D eigenvalue weighted by atomic mass is 9.82. The molecule has 6 nitrogen and oxygen atoms in total. The molecule has 0 bridgehead atoms. The maximum atomic E-state index is 13.7. The first-order chi connectivity index (χ1) is 12.5. The number of nitrogens with zero attached hydrogens (tertiary/aromatic N) is 1. The highest BCUT2D eigenvalue weighted by Gasteiger charge is 2.41. The number of hydrogen-bond acceptors (Lipinski definition) is 3. The number of halogens is 1. The highest BCUT2D eigenvalue weighted by Crippen LogP contribution is 2.40. The minimum atomic E-state index is -0.451. The van der Waals surface area contributed by atoms with E-state index in [4.69, 9.17) is 4.74 Å². The zero-order chi connectivity index (χ0) is 18.6. The largest absolute Gasteiger partial charge is 0.375 e. The van der Waals surface area contributed by atoms with Crippen LogP contribution in [0.5, 0.6) is 0 Å². The third-order valence-electron chi connectivity index (χ3n) is 5.18. The second-order valence-corrected chi connectivity index (χ2v) is 7.31. The molecule has 1 saturated heterocycles. The summed E-state index contributed by atoms with van der Waals surface area (Å²) in [6.45, 7) is 1.10. The second kappa shape index (κ2) is 8.03. The zero-order valence-corrected chi connectivity index (χ0v) is 15.1. The van der Waals surface area contributed by atoms with Crippen LogP contribution in [0.4, 0.5) is 14.9 Å². The summed E-state index contributed by atoms with van der Waals surface area (Å²) >= 11 is 0. The van der Waals surface area contributed by atoms with Gasteiger partial charge in [0.15, 0.2) is 0 Å². The van der Waals surface area contributed by atoms with Gasteiger partial charge in [-0.25, -0.2) is 9.18 Å². The fourth-order valence-electron chi connectivity index (χ4n) is 3.61. The van der Waals surface area contributed by atoms with Crippen LogP contribution in [-0.4, -0.2) is 49.2 Å². The Hall–Kier alpha value is -2.15. The smallest absolute Gasteiger partial charge is 0.321 e. The minimum Gasteiger partial charge on any atom is -0.375 e. The Kier molecular flexibility index (Phi) is 5.76. The van der Waals surface area contributed by atoms with E-state index in [0.29, 0.717) is 31.8 Å². The van der Waals surface area contributed by atoms with Crippen molar-refractivity contribution in [2.75, 3.05) is 32.1 Å². The molecule has 0 unspecified atom stereocenters. The number of urea groups is 1. The fourth-order valence-corrected chi connectivity index (χ4v) is 3.61. The number of para-hydroxylation sites is 1. The maximum Gasteiger partial charge on any atom is 0.321 e. The molecule has 1 aliphatic carbocycles. The Labute approximate surface area is 153 Å². The topological polar surface area (TPSA) is 70.7 Å². The molecule has 1 aliphatic heterocycles. The summed E-state index contributed by atoms with van der Waals surface area (Å²) in [6.07, 6.45) is 4.76. The summed E-state index contributed by atoms with van der Waals surface area (Å²) in [5, 5.41) is 5.77. The molecule has 0 atom stereocenters. The molecule has 7 heteroatoms. The maximum absolute atomic E-state index is 13.7. The van der Waals surface area contributed by atoms with Gasteiger partial charge in [0.2, 0.25) is 5.91 Å². The Bertz CT molecular complexity index is 655. The first-order valence-corrected chi connectivity index (χ1v) is 9.12. The van der Waals surface area contributed by atoms with Crippen LogP contribution >= 0.6 is 0 Å². The van der Waals surface area contributed by atoms with Gasteiger partial charge in [0.25, 0.3) is 0 Å². The zero-order valence-electron chi connectivity index (χ0n) is 15.1. The number of amides is 3. The first-order valence-electron chi connectivity index (χ1n) is 9.12. The van der Waals surface area contributed by atoms with E-state index in [9.17, 15) is 14.0 Å². The van der Waals surface area contributed by atoms with Crippen LogP contribution in [0.2, 0.25) is 0 Å². The molecule has 1 heterocycles. The number of piperidine rings is 1. The van der Waals surface area contributed by atoms with E-state index in [0.717, 1.165) is 6.42 Å². The normalized spacial score (nSPS) is 19.1. The van der Waals surface area contributed by atoms with Gasteiger partial charge < -0.3 is 20.3 Å². The molecule has 3 amide bonds. The van der Waals surface area contributed by atoms with Crippen molar-refractivity contribution in [1.29, 1.82) is 0 Å². The average Bonchev–Trinajstić information content (AvgIpc) is 3.41. The third kappa shape index (κ3) is 4.72. The lowest BCUT2D eigenvalue weighted by Crippen LogP contribution is -2.57. The van der Waals surface area contributed by atoms with Crippen LogP contribution in [-0.2, 0) is 9.53 Å². The van der Waals surface area contributed by atoms with Gasteiger partial charge in [0, 0.05) is 25.7 Å². The Morgan fingerprint density at radius 2 is 1.96 bits per heavy atom. The summed E-state index contributed by atoms with van der Waals surface area (Å²) in [6, 6.07) is 5.82. The number of ether oxygens (including phenoxy) is 1. The molecule has 1 aromatic rings. The van der Waals surface area contributed by atoms with Crippen molar-refractivity contribution >= 4 is 17.6 Å². The van der Waals surface area contributed by atoms with Crippen LogP contribution < -0.4 is 10.6 Å². The predicted octanol–water partition coefficient (Wildman–Crippen LogP) is 2.75. The molecular weight excluding hydrogens is 337 g/mol. The van der Waals surface area contributed by atoms with Gasteiger partial charge in [-0.05, 0) is 37.3 Å². The summed E-state index contributed by atoms with van der Waals surface area (Å²) in [4.78, 5) is 26.2. The number of methoxy groups -OCH3 is 1.